The van der Waals surface area contributed by atoms with Crippen LogP contribution < -0.4 is 0 Å². The SMILES string of the molecule is C=C[C@]1(C)CC[C@H](C(C)(C)O[Si](C)(C)C)O1. The van der Waals surface area contributed by atoms with Gasteiger partial charge in [-0.15, -0.1) is 6.58 Å². The van der Waals surface area contributed by atoms with Crippen molar-refractivity contribution in [3.63, 3.8) is 0 Å². The molecule has 1 heterocycles. The van der Waals surface area contributed by atoms with E-state index in [0.29, 0.717) is 0 Å². The van der Waals surface area contributed by atoms with Gasteiger partial charge in [-0.05, 0) is 53.3 Å². The second-order valence-corrected chi connectivity index (χ2v) is 10.9. The predicted octanol–water partition coefficient (Wildman–Crippen LogP) is 3.74. The Kier molecular flexibility index (Phi) is 3.73. The number of hydrogen-bond acceptors (Lipinski definition) is 2. The lowest BCUT2D eigenvalue weighted by molar-refractivity contribution is -0.0909. The normalized spacial score (nSPS) is 31.8. The van der Waals surface area contributed by atoms with Gasteiger partial charge in [0.1, 0.15) is 0 Å². The van der Waals surface area contributed by atoms with Gasteiger partial charge < -0.3 is 9.16 Å². The fourth-order valence-electron chi connectivity index (χ4n) is 2.36. The molecule has 1 aliphatic rings. The molecule has 0 saturated carbocycles. The first kappa shape index (κ1) is 13.9. The third-order valence-electron chi connectivity index (χ3n) is 3.09. The molecule has 0 aliphatic carbocycles. The maximum Gasteiger partial charge on any atom is 0.184 e. The summed E-state index contributed by atoms with van der Waals surface area (Å²) in [7, 11) is -1.52. The van der Waals surface area contributed by atoms with Gasteiger partial charge in [0.05, 0.1) is 17.3 Å². The van der Waals surface area contributed by atoms with Crippen molar-refractivity contribution in [3.8, 4) is 0 Å². The number of ether oxygens (including phenoxy) is 1. The zero-order valence-electron chi connectivity index (χ0n) is 11.6. The first-order valence-electron chi connectivity index (χ1n) is 6.10. The summed E-state index contributed by atoms with van der Waals surface area (Å²) in [6.45, 7) is 16.9. The standard InChI is InChI=1S/C13H26O2Si/c1-8-13(4)10-9-11(14-13)12(2,3)15-16(5,6)7/h8,11H,1,9-10H2,2-7H3/t11-,13-/m1/s1. The Labute approximate surface area is 101 Å². The summed E-state index contributed by atoms with van der Waals surface area (Å²) in [6.07, 6.45) is 4.19. The molecule has 16 heavy (non-hydrogen) atoms. The zero-order valence-corrected chi connectivity index (χ0v) is 12.6. The summed E-state index contributed by atoms with van der Waals surface area (Å²) in [5.74, 6) is 0. The molecule has 0 amide bonds. The second kappa shape index (κ2) is 4.28. The Balaban J connectivity index is 2.69. The molecule has 0 aromatic carbocycles. The highest BCUT2D eigenvalue weighted by molar-refractivity contribution is 6.69. The minimum atomic E-state index is -1.52. The van der Waals surface area contributed by atoms with Crippen LogP contribution in [0, 0.1) is 0 Å². The molecule has 1 saturated heterocycles. The summed E-state index contributed by atoms with van der Waals surface area (Å²) in [5, 5.41) is 0. The largest absolute Gasteiger partial charge is 0.410 e. The monoisotopic (exact) mass is 242 g/mol. The summed E-state index contributed by atoms with van der Waals surface area (Å²) in [6, 6.07) is 0. The van der Waals surface area contributed by atoms with Gasteiger partial charge >= 0.3 is 0 Å². The summed E-state index contributed by atoms with van der Waals surface area (Å²) < 4.78 is 12.3. The molecule has 0 aromatic rings. The van der Waals surface area contributed by atoms with Crippen LogP contribution in [0.2, 0.25) is 19.6 Å². The molecular formula is C13H26O2Si. The van der Waals surface area contributed by atoms with Crippen LogP contribution in [-0.2, 0) is 9.16 Å². The van der Waals surface area contributed by atoms with E-state index in [-0.39, 0.29) is 17.3 Å². The molecule has 94 valence electrons. The predicted molar refractivity (Wildman–Crippen MR) is 71.2 cm³/mol. The van der Waals surface area contributed by atoms with E-state index < -0.39 is 8.32 Å². The van der Waals surface area contributed by atoms with Gasteiger partial charge in [-0.2, -0.15) is 0 Å². The van der Waals surface area contributed by atoms with Crippen molar-refractivity contribution in [2.75, 3.05) is 0 Å². The molecule has 0 spiro atoms. The van der Waals surface area contributed by atoms with Crippen LogP contribution in [0.3, 0.4) is 0 Å². The maximum absolute atomic E-state index is 6.23. The van der Waals surface area contributed by atoms with Gasteiger partial charge in [-0.25, -0.2) is 0 Å². The van der Waals surface area contributed by atoms with Crippen molar-refractivity contribution in [1.82, 2.24) is 0 Å². The first-order valence-corrected chi connectivity index (χ1v) is 9.50. The van der Waals surface area contributed by atoms with Crippen LogP contribution in [-0.4, -0.2) is 25.6 Å². The Hall–Kier alpha value is -0.123. The van der Waals surface area contributed by atoms with Crippen molar-refractivity contribution < 1.29 is 9.16 Å². The molecule has 1 fully saturated rings. The molecule has 2 atom stereocenters. The van der Waals surface area contributed by atoms with Crippen LogP contribution >= 0.6 is 0 Å². The van der Waals surface area contributed by atoms with Crippen molar-refractivity contribution >= 4 is 8.32 Å². The highest BCUT2D eigenvalue weighted by Crippen LogP contribution is 2.38. The van der Waals surface area contributed by atoms with Crippen molar-refractivity contribution in [2.45, 2.75) is 70.6 Å². The molecule has 1 aliphatic heterocycles. The highest BCUT2D eigenvalue weighted by Gasteiger charge is 2.43. The minimum absolute atomic E-state index is 0.162. The van der Waals surface area contributed by atoms with Crippen LogP contribution in [0.4, 0.5) is 0 Å². The van der Waals surface area contributed by atoms with Crippen molar-refractivity contribution in [3.05, 3.63) is 12.7 Å². The average Bonchev–Trinajstić information content (AvgIpc) is 2.45. The van der Waals surface area contributed by atoms with E-state index in [2.05, 4.69) is 47.0 Å². The molecule has 0 radical (unpaired) electrons. The van der Waals surface area contributed by atoms with Crippen molar-refractivity contribution in [2.24, 2.45) is 0 Å². The van der Waals surface area contributed by atoms with E-state index in [9.17, 15) is 0 Å². The van der Waals surface area contributed by atoms with Crippen LogP contribution in [0.1, 0.15) is 33.6 Å². The molecule has 0 unspecified atom stereocenters. The van der Waals surface area contributed by atoms with Gasteiger partial charge in [0.25, 0.3) is 0 Å². The molecule has 0 bridgehead atoms. The average molecular weight is 242 g/mol. The lowest BCUT2D eigenvalue weighted by Gasteiger charge is -2.38. The Morgan fingerprint density at radius 1 is 1.44 bits per heavy atom. The third-order valence-corrected chi connectivity index (χ3v) is 4.23. The number of rotatable bonds is 4. The van der Waals surface area contributed by atoms with Crippen molar-refractivity contribution in [1.29, 1.82) is 0 Å². The molecule has 1 rings (SSSR count). The van der Waals surface area contributed by atoms with E-state index in [1.54, 1.807) is 0 Å². The highest BCUT2D eigenvalue weighted by atomic mass is 28.4. The van der Waals surface area contributed by atoms with Crippen LogP contribution in [0.25, 0.3) is 0 Å². The molecular weight excluding hydrogens is 216 g/mol. The van der Waals surface area contributed by atoms with E-state index in [0.717, 1.165) is 12.8 Å². The fraction of sp³-hybridized carbons (Fsp3) is 0.846. The fourth-order valence-corrected chi connectivity index (χ4v) is 4.06. The lowest BCUT2D eigenvalue weighted by atomic mass is 9.97. The third kappa shape index (κ3) is 3.44. The Morgan fingerprint density at radius 3 is 2.38 bits per heavy atom. The second-order valence-electron chi connectivity index (χ2n) is 6.48. The van der Waals surface area contributed by atoms with Gasteiger partial charge in [-0.3, -0.25) is 0 Å². The summed E-state index contributed by atoms with van der Waals surface area (Å²) in [5.41, 5.74) is -0.351. The minimum Gasteiger partial charge on any atom is -0.410 e. The zero-order chi connectivity index (χ0) is 12.6. The topological polar surface area (TPSA) is 18.5 Å². The van der Waals surface area contributed by atoms with E-state index in [4.69, 9.17) is 9.16 Å². The Morgan fingerprint density at radius 2 is 2.00 bits per heavy atom. The van der Waals surface area contributed by atoms with E-state index in [1.807, 2.05) is 6.08 Å². The van der Waals surface area contributed by atoms with Gasteiger partial charge in [0.2, 0.25) is 0 Å². The smallest absolute Gasteiger partial charge is 0.184 e. The van der Waals surface area contributed by atoms with Crippen LogP contribution in [0.15, 0.2) is 12.7 Å². The molecule has 0 N–H and O–H groups in total. The Bertz CT molecular complexity index is 268. The quantitative estimate of drug-likeness (QED) is 0.552. The summed E-state index contributed by atoms with van der Waals surface area (Å²) in [4.78, 5) is 0. The molecule has 3 heteroatoms. The maximum atomic E-state index is 6.23. The van der Waals surface area contributed by atoms with Gasteiger partial charge in [0, 0.05) is 0 Å². The van der Waals surface area contributed by atoms with Gasteiger partial charge in [-0.1, -0.05) is 6.08 Å². The van der Waals surface area contributed by atoms with Crippen LogP contribution in [0.5, 0.6) is 0 Å². The first-order chi connectivity index (χ1) is 7.08. The summed E-state index contributed by atoms with van der Waals surface area (Å²) >= 11 is 0. The molecule has 2 nitrogen and oxygen atoms in total. The molecule has 0 aromatic heterocycles. The van der Waals surface area contributed by atoms with Gasteiger partial charge in [0.15, 0.2) is 8.32 Å². The number of hydrogen-bond donors (Lipinski definition) is 0. The van der Waals surface area contributed by atoms with E-state index in [1.165, 1.54) is 0 Å². The lowest BCUT2D eigenvalue weighted by Crippen LogP contribution is -2.47. The van der Waals surface area contributed by atoms with E-state index >= 15 is 0 Å².